The van der Waals surface area contributed by atoms with E-state index in [4.69, 9.17) is 4.74 Å². The molecule has 0 atom stereocenters. The molecule has 0 aromatic carbocycles. The van der Waals surface area contributed by atoms with E-state index in [1.165, 1.54) is 0 Å². The lowest BCUT2D eigenvalue weighted by molar-refractivity contribution is 0.186. The van der Waals surface area contributed by atoms with Gasteiger partial charge in [0.2, 0.25) is 5.65 Å². The Labute approximate surface area is 133 Å². The van der Waals surface area contributed by atoms with Crippen LogP contribution >= 0.6 is 0 Å². The topological polar surface area (TPSA) is 95.0 Å². The van der Waals surface area contributed by atoms with Crippen LogP contribution in [0.25, 0.3) is 5.65 Å². The van der Waals surface area contributed by atoms with E-state index in [9.17, 15) is 0 Å². The van der Waals surface area contributed by atoms with Crippen LogP contribution in [0.3, 0.4) is 0 Å². The molecular formula is C14H20N8O. The second kappa shape index (κ2) is 6.69. The van der Waals surface area contributed by atoms with Gasteiger partial charge in [-0.15, -0.1) is 20.4 Å². The predicted molar refractivity (Wildman–Crippen MR) is 84.1 cm³/mol. The van der Waals surface area contributed by atoms with E-state index in [1.54, 1.807) is 24.3 Å². The number of ether oxygens (including phenoxy) is 1. The maximum atomic E-state index is 5.10. The minimum Gasteiger partial charge on any atom is -0.383 e. The minimum atomic E-state index is 0.313. The fourth-order valence-corrected chi connectivity index (χ4v) is 2.22. The SMILES string of the molecule is COCCn1cnnc1CNc1cc(C(C)C)nn2cnnc12. The fraction of sp³-hybridized carbons (Fsp3) is 0.500. The molecule has 122 valence electrons. The first-order valence-electron chi connectivity index (χ1n) is 7.49. The van der Waals surface area contributed by atoms with Crippen molar-refractivity contribution < 1.29 is 4.74 Å². The summed E-state index contributed by atoms with van der Waals surface area (Å²) in [7, 11) is 1.68. The summed E-state index contributed by atoms with van der Waals surface area (Å²) in [5, 5.41) is 24.0. The number of nitrogens with one attached hydrogen (secondary N) is 1. The molecule has 0 saturated heterocycles. The number of hydrogen-bond acceptors (Lipinski definition) is 7. The molecule has 0 bridgehead atoms. The van der Waals surface area contributed by atoms with Gasteiger partial charge in [0, 0.05) is 13.7 Å². The van der Waals surface area contributed by atoms with Gasteiger partial charge in [-0.1, -0.05) is 13.8 Å². The van der Waals surface area contributed by atoms with Gasteiger partial charge in [-0.2, -0.15) is 9.61 Å². The van der Waals surface area contributed by atoms with Gasteiger partial charge < -0.3 is 14.6 Å². The molecule has 0 unspecified atom stereocenters. The number of aromatic nitrogens is 7. The number of nitrogens with zero attached hydrogens (tertiary/aromatic N) is 7. The molecule has 0 amide bonds. The van der Waals surface area contributed by atoms with Gasteiger partial charge in [0.25, 0.3) is 0 Å². The summed E-state index contributed by atoms with van der Waals surface area (Å²) >= 11 is 0. The molecule has 3 rings (SSSR count). The zero-order valence-electron chi connectivity index (χ0n) is 13.5. The Hall–Kier alpha value is -2.55. The summed E-state index contributed by atoms with van der Waals surface area (Å²) < 4.78 is 8.74. The van der Waals surface area contributed by atoms with E-state index in [2.05, 4.69) is 44.7 Å². The Bertz CT molecular complexity index is 778. The van der Waals surface area contributed by atoms with Gasteiger partial charge in [-0.05, 0) is 12.0 Å². The smallest absolute Gasteiger partial charge is 0.200 e. The summed E-state index contributed by atoms with van der Waals surface area (Å²) in [5.41, 5.74) is 2.54. The summed E-state index contributed by atoms with van der Waals surface area (Å²) in [6, 6.07) is 2.00. The highest BCUT2D eigenvalue weighted by molar-refractivity contribution is 5.66. The molecule has 9 nitrogen and oxygen atoms in total. The molecule has 3 aromatic heterocycles. The minimum absolute atomic E-state index is 0.313. The molecule has 0 radical (unpaired) electrons. The molecule has 9 heteroatoms. The van der Waals surface area contributed by atoms with Crippen LogP contribution in [0.5, 0.6) is 0 Å². The van der Waals surface area contributed by atoms with Crippen molar-refractivity contribution in [3.63, 3.8) is 0 Å². The third-order valence-corrected chi connectivity index (χ3v) is 3.55. The van der Waals surface area contributed by atoms with E-state index in [0.717, 1.165) is 17.2 Å². The van der Waals surface area contributed by atoms with Gasteiger partial charge in [-0.25, -0.2) is 0 Å². The largest absolute Gasteiger partial charge is 0.383 e. The monoisotopic (exact) mass is 316 g/mol. The predicted octanol–water partition coefficient (Wildman–Crippen LogP) is 1.10. The number of hydrogen-bond donors (Lipinski definition) is 1. The molecule has 0 aliphatic rings. The molecule has 23 heavy (non-hydrogen) atoms. The van der Waals surface area contributed by atoms with Crippen LogP contribution in [0.2, 0.25) is 0 Å². The van der Waals surface area contributed by atoms with Gasteiger partial charge in [0.15, 0.2) is 5.82 Å². The van der Waals surface area contributed by atoms with Crippen LogP contribution in [-0.2, 0) is 17.8 Å². The van der Waals surface area contributed by atoms with Crippen molar-refractivity contribution in [1.29, 1.82) is 0 Å². The highest BCUT2D eigenvalue weighted by Crippen LogP contribution is 2.20. The summed E-state index contributed by atoms with van der Waals surface area (Å²) in [6.07, 6.45) is 3.31. The highest BCUT2D eigenvalue weighted by atomic mass is 16.5. The van der Waals surface area contributed by atoms with Gasteiger partial charge in [-0.3, -0.25) is 0 Å². The third-order valence-electron chi connectivity index (χ3n) is 3.55. The van der Waals surface area contributed by atoms with Crippen LogP contribution in [0.4, 0.5) is 5.69 Å². The first-order chi connectivity index (χ1) is 11.2. The molecule has 0 aliphatic carbocycles. The molecular weight excluding hydrogens is 296 g/mol. The second-order valence-corrected chi connectivity index (χ2v) is 5.52. The van der Waals surface area contributed by atoms with E-state index >= 15 is 0 Å². The van der Waals surface area contributed by atoms with Crippen molar-refractivity contribution in [2.45, 2.75) is 32.9 Å². The van der Waals surface area contributed by atoms with E-state index < -0.39 is 0 Å². The Morgan fingerprint density at radius 3 is 2.83 bits per heavy atom. The second-order valence-electron chi connectivity index (χ2n) is 5.52. The first-order valence-corrected chi connectivity index (χ1v) is 7.49. The molecule has 0 fully saturated rings. The highest BCUT2D eigenvalue weighted by Gasteiger charge is 2.11. The Balaban J connectivity index is 1.81. The molecule has 3 aromatic rings. The number of methoxy groups -OCH3 is 1. The Morgan fingerprint density at radius 2 is 2.04 bits per heavy atom. The summed E-state index contributed by atoms with van der Waals surface area (Å²) in [5.74, 6) is 1.15. The van der Waals surface area contributed by atoms with Crippen LogP contribution < -0.4 is 5.32 Å². The van der Waals surface area contributed by atoms with Crippen molar-refractivity contribution in [3.8, 4) is 0 Å². The van der Waals surface area contributed by atoms with Crippen molar-refractivity contribution in [1.82, 2.24) is 34.6 Å². The summed E-state index contributed by atoms with van der Waals surface area (Å²) in [4.78, 5) is 0. The molecule has 1 N–H and O–H groups in total. The van der Waals surface area contributed by atoms with Crippen LogP contribution in [0.1, 0.15) is 31.3 Å². The maximum Gasteiger partial charge on any atom is 0.200 e. The zero-order chi connectivity index (χ0) is 16.2. The Kier molecular flexibility index (Phi) is 4.47. The molecule has 0 aliphatic heterocycles. The zero-order valence-corrected chi connectivity index (χ0v) is 13.5. The normalized spacial score (nSPS) is 11.5. The third kappa shape index (κ3) is 3.29. The van der Waals surface area contributed by atoms with Crippen LogP contribution in [0.15, 0.2) is 18.7 Å². The van der Waals surface area contributed by atoms with Crippen LogP contribution in [0, 0.1) is 0 Å². The van der Waals surface area contributed by atoms with Crippen molar-refractivity contribution in [2.75, 3.05) is 19.0 Å². The van der Waals surface area contributed by atoms with Crippen LogP contribution in [-0.4, -0.2) is 48.3 Å². The first kappa shape index (κ1) is 15.3. The summed E-state index contributed by atoms with van der Waals surface area (Å²) in [6.45, 7) is 6.07. The van der Waals surface area contributed by atoms with Gasteiger partial charge in [0.05, 0.1) is 24.5 Å². The number of rotatable bonds is 7. The number of anilines is 1. The lowest BCUT2D eigenvalue weighted by atomic mass is 10.1. The Morgan fingerprint density at radius 1 is 1.22 bits per heavy atom. The average Bonchev–Trinajstić information content (AvgIpc) is 3.19. The van der Waals surface area contributed by atoms with E-state index in [-0.39, 0.29) is 0 Å². The molecule has 3 heterocycles. The van der Waals surface area contributed by atoms with Gasteiger partial charge in [0.1, 0.15) is 12.7 Å². The lowest BCUT2D eigenvalue weighted by Gasteiger charge is -2.11. The van der Waals surface area contributed by atoms with E-state index in [1.807, 2.05) is 10.6 Å². The van der Waals surface area contributed by atoms with Crippen molar-refractivity contribution in [2.24, 2.45) is 0 Å². The van der Waals surface area contributed by atoms with Crippen molar-refractivity contribution >= 4 is 11.3 Å². The lowest BCUT2D eigenvalue weighted by Crippen LogP contribution is -2.12. The standard InChI is InChI=1S/C14H20N8O/c1-10(2)11-6-12(14-19-17-9-22(14)20-11)15-7-13-18-16-8-21(13)4-5-23-3/h6,8-10,15H,4-5,7H2,1-3H3. The maximum absolute atomic E-state index is 5.10. The fourth-order valence-electron chi connectivity index (χ4n) is 2.22. The molecule has 0 spiro atoms. The molecule has 0 saturated carbocycles. The van der Waals surface area contributed by atoms with Gasteiger partial charge >= 0.3 is 0 Å². The quantitative estimate of drug-likeness (QED) is 0.697. The van der Waals surface area contributed by atoms with Crippen molar-refractivity contribution in [3.05, 3.63) is 30.2 Å². The number of fused-ring (bicyclic) bond motifs is 1. The average molecular weight is 316 g/mol. The van der Waals surface area contributed by atoms with E-state index in [0.29, 0.717) is 31.3 Å².